The predicted molar refractivity (Wildman–Crippen MR) is 111 cm³/mol. The van der Waals surface area contributed by atoms with Crippen LogP contribution >= 0.6 is 11.8 Å². The fourth-order valence-corrected chi connectivity index (χ4v) is 4.49. The highest BCUT2D eigenvalue weighted by Crippen LogP contribution is 2.31. The number of aromatic hydroxyl groups is 1. The Labute approximate surface area is 169 Å². The van der Waals surface area contributed by atoms with E-state index >= 15 is 0 Å². The highest BCUT2D eigenvalue weighted by atomic mass is 32.2. The van der Waals surface area contributed by atoms with Crippen molar-refractivity contribution in [1.82, 2.24) is 14.9 Å². The summed E-state index contributed by atoms with van der Waals surface area (Å²) in [6.07, 6.45) is 5.80. The summed E-state index contributed by atoms with van der Waals surface area (Å²) in [6.45, 7) is 1.99. The average Bonchev–Trinajstić information content (AvgIpc) is 3.19. The van der Waals surface area contributed by atoms with E-state index in [1.807, 2.05) is 25.1 Å². The summed E-state index contributed by atoms with van der Waals surface area (Å²) >= 11 is 1.21. The zero-order valence-electron chi connectivity index (χ0n) is 16.1. The third kappa shape index (κ3) is 5.61. The number of carbonyl (C=O) groups excluding carboxylic acids is 1. The molecule has 0 unspecified atom stereocenters. The minimum Gasteiger partial charge on any atom is -0.493 e. The molecule has 1 aliphatic carbocycles. The van der Waals surface area contributed by atoms with Crippen molar-refractivity contribution in [2.24, 2.45) is 0 Å². The number of aromatic nitrogens is 2. The zero-order chi connectivity index (χ0) is 19.9. The summed E-state index contributed by atoms with van der Waals surface area (Å²) in [5, 5.41) is 13.1. The van der Waals surface area contributed by atoms with E-state index in [4.69, 9.17) is 0 Å². The van der Waals surface area contributed by atoms with Gasteiger partial charge in [0, 0.05) is 12.1 Å². The Bertz CT molecular complexity index is 848. The monoisotopic (exact) mass is 401 g/mol. The normalized spacial score (nSPS) is 15.5. The molecule has 0 saturated heterocycles. The first-order valence-electron chi connectivity index (χ1n) is 9.81. The van der Waals surface area contributed by atoms with Gasteiger partial charge in [0.2, 0.25) is 11.8 Å². The number of aryl methyl sites for hydroxylation is 1. The van der Waals surface area contributed by atoms with Crippen LogP contribution in [-0.2, 0) is 11.2 Å². The first kappa shape index (κ1) is 20.5. The standard InChI is InChI=1S/C21H27N3O3S/c1-15(11-12-16-7-3-2-4-8-16)22-19(26)14-28-21-23-18(25)13-20(27)24(21)17-9-5-6-10-17/h2-4,7-8,13,15,17,25H,5-6,9-12,14H2,1H3,(H,22,26)/t15-/m0/s1. The van der Waals surface area contributed by atoms with Gasteiger partial charge in [-0.25, -0.2) is 0 Å². The summed E-state index contributed by atoms with van der Waals surface area (Å²) in [4.78, 5) is 28.8. The molecule has 7 heteroatoms. The van der Waals surface area contributed by atoms with Crippen LogP contribution < -0.4 is 10.9 Å². The van der Waals surface area contributed by atoms with Crippen LogP contribution in [0.15, 0.2) is 46.3 Å². The van der Waals surface area contributed by atoms with E-state index in [0.717, 1.165) is 44.6 Å². The van der Waals surface area contributed by atoms with Crippen LogP contribution in [0.3, 0.4) is 0 Å². The minimum absolute atomic E-state index is 0.0578. The van der Waals surface area contributed by atoms with E-state index in [0.29, 0.717) is 5.16 Å². The second-order valence-corrected chi connectivity index (χ2v) is 8.27. The molecule has 0 bridgehead atoms. The lowest BCUT2D eigenvalue weighted by molar-refractivity contribution is -0.119. The Morgan fingerprint density at radius 1 is 1.32 bits per heavy atom. The molecular formula is C21H27N3O3S. The third-order valence-corrected chi connectivity index (χ3v) is 6.00. The van der Waals surface area contributed by atoms with Crippen molar-refractivity contribution in [3.63, 3.8) is 0 Å². The highest BCUT2D eigenvalue weighted by Gasteiger charge is 2.22. The van der Waals surface area contributed by atoms with E-state index in [2.05, 4.69) is 22.4 Å². The first-order valence-corrected chi connectivity index (χ1v) is 10.8. The van der Waals surface area contributed by atoms with Gasteiger partial charge in [0.05, 0.1) is 11.8 Å². The fourth-order valence-electron chi connectivity index (χ4n) is 3.61. The summed E-state index contributed by atoms with van der Waals surface area (Å²) in [5.74, 6) is -0.224. The van der Waals surface area contributed by atoms with Gasteiger partial charge in [-0.15, -0.1) is 0 Å². The maximum atomic E-state index is 12.3. The van der Waals surface area contributed by atoms with Crippen molar-refractivity contribution in [3.05, 3.63) is 52.3 Å². The van der Waals surface area contributed by atoms with Crippen LogP contribution in [-0.4, -0.2) is 32.4 Å². The molecule has 1 fully saturated rings. The largest absolute Gasteiger partial charge is 0.493 e. The fraction of sp³-hybridized carbons (Fsp3) is 0.476. The molecule has 1 aromatic carbocycles. The second kappa shape index (κ2) is 9.78. The topological polar surface area (TPSA) is 84.2 Å². The number of rotatable bonds is 8. The molecule has 1 aromatic heterocycles. The maximum absolute atomic E-state index is 12.3. The quantitative estimate of drug-likeness (QED) is 0.524. The zero-order valence-corrected chi connectivity index (χ0v) is 17.0. The predicted octanol–water partition coefficient (Wildman–Crippen LogP) is 3.29. The number of nitrogens with zero attached hydrogens (tertiary/aromatic N) is 2. The third-order valence-electron chi connectivity index (χ3n) is 5.04. The molecule has 150 valence electrons. The lowest BCUT2D eigenvalue weighted by atomic mass is 10.1. The number of carbonyl (C=O) groups is 1. The molecule has 0 aliphatic heterocycles. The lowest BCUT2D eigenvalue weighted by Gasteiger charge is -2.18. The van der Waals surface area contributed by atoms with Crippen molar-refractivity contribution in [1.29, 1.82) is 0 Å². The molecule has 28 heavy (non-hydrogen) atoms. The smallest absolute Gasteiger partial charge is 0.258 e. The SMILES string of the molecule is C[C@@H](CCc1ccccc1)NC(=O)CSc1nc(O)cc(=O)n1C1CCCC1. The summed E-state index contributed by atoms with van der Waals surface area (Å²) in [5.41, 5.74) is 1.00. The van der Waals surface area contributed by atoms with E-state index in [1.54, 1.807) is 4.57 Å². The number of hydrogen-bond acceptors (Lipinski definition) is 5. The van der Waals surface area contributed by atoms with Crippen LogP contribution in [0.2, 0.25) is 0 Å². The maximum Gasteiger partial charge on any atom is 0.258 e. The van der Waals surface area contributed by atoms with E-state index in [9.17, 15) is 14.7 Å². The summed E-state index contributed by atoms with van der Waals surface area (Å²) in [7, 11) is 0. The Hall–Kier alpha value is -2.28. The van der Waals surface area contributed by atoms with Crippen molar-refractivity contribution in [3.8, 4) is 5.88 Å². The summed E-state index contributed by atoms with van der Waals surface area (Å²) in [6, 6.07) is 11.5. The molecule has 2 N–H and O–H groups in total. The number of hydrogen-bond donors (Lipinski definition) is 2. The van der Waals surface area contributed by atoms with Gasteiger partial charge < -0.3 is 10.4 Å². The Kier molecular flexibility index (Phi) is 7.14. The second-order valence-electron chi connectivity index (χ2n) is 7.32. The van der Waals surface area contributed by atoms with Crippen LogP contribution in [0, 0.1) is 0 Å². The Balaban J connectivity index is 1.54. The van der Waals surface area contributed by atoms with Gasteiger partial charge in [-0.2, -0.15) is 4.98 Å². The van der Waals surface area contributed by atoms with E-state index in [-0.39, 0.29) is 35.2 Å². The van der Waals surface area contributed by atoms with Gasteiger partial charge in [0.25, 0.3) is 5.56 Å². The average molecular weight is 402 g/mol. The number of nitrogens with one attached hydrogen (secondary N) is 1. The van der Waals surface area contributed by atoms with Crippen LogP contribution in [0.25, 0.3) is 0 Å². The summed E-state index contributed by atoms with van der Waals surface area (Å²) < 4.78 is 1.64. The van der Waals surface area contributed by atoms with Gasteiger partial charge in [0.15, 0.2) is 5.16 Å². The molecule has 1 heterocycles. The highest BCUT2D eigenvalue weighted by molar-refractivity contribution is 7.99. The van der Waals surface area contributed by atoms with Crippen LogP contribution in [0.1, 0.15) is 50.6 Å². The number of thioether (sulfide) groups is 1. The van der Waals surface area contributed by atoms with E-state index < -0.39 is 0 Å². The minimum atomic E-state index is -0.293. The molecular weight excluding hydrogens is 374 g/mol. The van der Waals surface area contributed by atoms with Crippen LogP contribution in [0.4, 0.5) is 0 Å². The molecule has 2 aromatic rings. The molecule has 1 atom stereocenters. The van der Waals surface area contributed by atoms with Gasteiger partial charge in [-0.05, 0) is 38.2 Å². The van der Waals surface area contributed by atoms with Crippen LogP contribution in [0.5, 0.6) is 5.88 Å². The van der Waals surface area contributed by atoms with Crippen molar-refractivity contribution >= 4 is 17.7 Å². The Morgan fingerprint density at radius 2 is 2.04 bits per heavy atom. The molecule has 1 amide bonds. The molecule has 3 rings (SSSR count). The Morgan fingerprint density at radius 3 is 2.75 bits per heavy atom. The van der Waals surface area contributed by atoms with E-state index in [1.165, 1.54) is 17.3 Å². The van der Waals surface area contributed by atoms with Gasteiger partial charge in [0.1, 0.15) is 0 Å². The molecule has 1 saturated carbocycles. The lowest BCUT2D eigenvalue weighted by Crippen LogP contribution is -2.34. The van der Waals surface area contributed by atoms with Gasteiger partial charge in [-0.1, -0.05) is 54.9 Å². The number of amides is 1. The van der Waals surface area contributed by atoms with Crippen molar-refractivity contribution in [2.45, 2.75) is 62.7 Å². The molecule has 6 nitrogen and oxygen atoms in total. The van der Waals surface area contributed by atoms with Crippen molar-refractivity contribution < 1.29 is 9.90 Å². The molecule has 0 radical (unpaired) electrons. The van der Waals surface area contributed by atoms with Gasteiger partial charge >= 0.3 is 0 Å². The molecule has 1 aliphatic rings. The first-order chi connectivity index (χ1) is 13.5. The number of benzene rings is 1. The van der Waals surface area contributed by atoms with Gasteiger partial charge in [-0.3, -0.25) is 14.2 Å². The van der Waals surface area contributed by atoms with Crippen molar-refractivity contribution in [2.75, 3.05) is 5.75 Å². The molecule has 0 spiro atoms.